The highest BCUT2D eigenvalue weighted by Crippen LogP contribution is 2.10. The smallest absolute Gasteiger partial charge is 0.0626 e. The van der Waals surface area contributed by atoms with Crippen molar-refractivity contribution in [2.45, 2.75) is 93.3 Å². The van der Waals surface area contributed by atoms with Gasteiger partial charge in [-0.3, -0.25) is 0 Å². The maximum absolute atomic E-state index is 9.76. The van der Waals surface area contributed by atoms with E-state index >= 15 is 0 Å². The van der Waals surface area contributed by atoms with E-state index in [1.54, 1.807) is 0 Å². The van der Waals surface area contributed by atoms with Crippen LogP contribution in [0.4, 0.5) is 0 Å². The molecule has 0 saturated carbocycles. The summed E-state index contributed by atoms with van der Waals surface area (Å²) in [6.07, 6.45) is 42.6. The fourth-order valence-corrected chi connectivity index (χ4v) is 3.22. The van der Waals surface area contributed by atoms with Crippen LogP contribution in [-0.4, -0.2) is 21.4 Å². The number of allylic oxidation sites excluding steroid dienone is 24. The summed E-state index contributed by atoms with van der Waals surface area (Å²) in [4.78, 5) is 0. The summed E-state index contributed by atoms with van der Waals surface area (Å²) >= 11 is 0. The molecule has 0 rings (SSSR count). The van der Waals surface area contributed by atoms with E-state index < -0.39 is 11.2 Å². The van der Waals surface area contributed by atoms with Gasteiger partial charge in [-0.15, -0.1) is 0 Å². The van der Waals surface area contributed by atoms with E-state index in [9.17, 15) is 10.2 Å². The molecule has 0 aliphatic carbocycles. The van der Waals surface area contributed by atoms with Crippen LogP contribution in [-0.2, 0) is 0 Å². The lowest BCUT2D eigenvalue weighted by molar-refractivity contribution is 0.0832. The van der Waals surface area contributed by atoms with Crippen molar-refractivity contribution in [3.05, 3.63) is 155 Å². The Morgan fingerprint density at radius 1 is 0.381 bits per heavy atom. The van der Waals surface area contributed by atoms with Crippen molar-refractivity contribution in [2.24, 2.45) is 0 Å². The molecule has 0 atom stereocenters. The molecule has 42 heavy (non-hydrogen) atoms. The molecule has 0 bridgehead atoms. The van der Waals surface area contributed by atoms with Gasteiger partial charge < -0.3 is 10.2 Å². The van der Waals surface area contributed by atoms with Gasteiger partial charge in [0.25, 0.3) is 0 Å². The van der Waals surface area contributed by atoms with Crippen molar-refractivity contribution >= 4 is 0 Å². The van der Waals surface area contributed by atoms with E-state index in [0.29, 0.717) is 12.8 Å². The zero-order valence-corrected chi connectivity index (χ0v) is 27.9. The molecule has 0 radical (unpaired) electrons. The van der Waals surface area contributed by atoms with Gasteiger partial charge in [-0.05, 0) is 82.1 Å². The first-order valence-corrected chi connectivity index (χ1v) is 14.8. The van der Waals surface area contributed by atoms with Gasteiger partial charge in [0.15, 0.2) is 0 Å². The normalized spacial score (nSPS) is 16.5. The average molecular weight is 569 g/mol. The molecule has 228 valence electrons. The first kappa shape index (κ1) is 38.5. The second kappa shape index (κ2) is 21.3. The number of hydrogen-bond donors (Lipinski definition) is 2. The molecular weight excluding hydrogens is 512 g/mol. The van der Waals surface area contributed by atoms with Crippen LogP contribution in [0, 0.1) is 0 Å². The molecule has 0 spiro atoms. The van der Waals surface area contributed by atoms with E-state index in [4.69, 9.17) is 0 Å². The molecule has 0 unspecified atom stereocenters. The SMILES string of the molecule is CC(/C=C/C=C(C)/C=C/C=C(C)/C=C/CC(C)(C)O)=C\C=C\C=C(C)\C=C\C=C(C)\C=C\C=C(C)\C=C\CC(C)(C)O. The van der Waals surface area contributed by atoms with E-state index in [0.717, 1.165) is 11.1 Å². The summed E-state index contributed by atoms with van der Waals surface area (Å²) in [5, 5.41) is 19.5. The summed E-state index contributed by atoms with van der Waals surface area (Å²) in [7, 11) is 0. The van der Waals surface area contributed by atoms with Crippen LogP contribution < -0.4 is 0 Å². The summed E-state index contributed by atoms with van der Waals surface area (Å²) in [5.41, 5.74) is 5.66. The zero-order valence-electron chi connectivity index (χ0n) is 27.9. The fraction of sp³-hybridized carbons (Fsp3) is 0.350. The lowest BCUT2D eigenvalue weighted by Crippen LogP contribution is -2.16. The molecule has 0 heterocycles. The first-order chi connectivity index (χ1) is 19.6. The van der Waals surface area contributed by atoms with Crippen LogP contribution in [0.1, 0.15) is 82.1 Å². The molecule has 2 heteroatoms. The molecule has 2 N–H and O–H groups in total. The van der Waals surface area contributed by atoms with Gasteiger partial charge in [-0.25, -0.2) is 0 Å². The van der Waals surface area contributed by atoms with Crippen LogP contribution >= 0.6 is 0 Å². The van der Waals surface area contributed by atoms with Gasteiger partial charge in [0, 0.05) is 0 Å². The second-order valence-electron chi connectivity index (χ2n) is 12.1. The Balaban J connectivity index is 4.78. The van der Waals surface area contributed by atoms with Crippen LogP contribution in [0.15, 0.2) is 155 Å². The van der Waals surface area contributed by atoms with E-state index in [2.05, 4.69) is 127 Å². The Bertz CT molecular complexity index is 1110. The largest absolute Gasteiger partial charge is 0.390 e. The fourth-order valence-electron chi connectivity index (χ4n) is 3.22. The van der Waals surface area contributed by atoms with Crippen molar-refractivity contribution < 1.29 is 10.2 Å². The average Bonchev–Trinajstić information content (AvgIpc) is 2.85. The molecule has 0 aromatic carbocycles. The minimum absolute atomic E-state index is 0.640. The quantitative estimate of drug-likeness (QED) is 0.182. The third kappa shape index (κ3) is 26.7. The minimum atomic E-state index is -0.667. The summed E-state index contributed by atoms with van der Waals surface area (Å²) in [6, 6.07) is 0. The van der Waals surface area contributed by atoms with Crippen molar-refractivity contribution in [1.29, 1.82) is 0 Å². The molecule has 2 nitrogen and oxygen atoms in total. The summed E-state index contributed by atoms with van der Waals surface area (Å²) in [5.74, 6) is 0. The number of aliphatic hydroxyl groups is 2. The van der Waals surface area contributed by atoms with Crippen molar-refractivity contribution in [3.63, 3.8) is 0 Å². The molecule has 0 amide bonds. The Hall–Kier alpha value is -3.46. The van der Waals surface area contributed by atoms with Crippen LogP contribution in [0.2, 0.25) is 0 Å². The maximum Gasteiger partial charge on any atom is 0.0626 e. The third-order valence-electron chi connectivity index (χ3n) is 5.70. The number of hydrogen-bond acceptors (Lipinski definition) is 2. The first-order valence-electron chi connectivity index (χ1n) is 14.8. The molecule has 0 saturated heterocycles. The van der Waals surface area contributed by atoms with Gasteiger partial charge in [0.1, 0.15) is 0 Å². The molecular formula is C40H56O2. The highest BCUT2D eigenvalue weighted by molar-refractivity contribution is 5.33. The Kier molecular flexibility index (Phi) is 19.5. The van der Waals surface area contributed by atoms with Crippen molar-refractivity contribution in [1.82, 2.24) is 0 Å². The van der Waals surface area contributed by atoms with E-state index in [1.165, 1.54) is 22.3 Å². The predicted octanol–water partition coefficient (Wildman–Crippen LogP) is 10.9. The topological polar surface area (TPSA) is 40.5 Å². The van der Waals surface area contributed by atoms with E-state index in [1.807, 2.05) is 64.2 Å². The minimum Gasteiger partial charge on any atom is -0.390 e. The molecule has 0 aromatic rings. The van der Waals surface area contributed by atoms with Gasteiger partial charge in [0.05, 0.1) is 11.2 Å². The Morgan fingerprint density at radius 3 is 0.833 bits per heavy atom. The Labute approximate surface area is 258 Å². The third-order valence-corrected chi connectivity index (χ3v) is 5.70. The standard InChI is InChI=1S/C40H56O2/c1-33(21-13-23-35(3)25-15-27-37(5)29-17-31-39(7,8)41)19-11-12-20-34(2)22-14-24-36(4)26-16-28-38(6)30-18-32-40(9,10)42/h11-30,41-42H,31-32H2,1-10H3/b12-11+,21-13+,22-14+,25-15+,26-16+,29-17+,30-18+,33-19+,34-20+,35-23+,36-24+,37-27+,38-28+. The number of rotatable bonds is 16. The van der Waals surface area contributed by atoms with Crippen LogP contribution in [0.25, 0.3) is 0 Å². The summed E-state index contributed by atoms with van der Waals surface area (Å²) < 4.78 is 0. The van der Waals surface area contributed by atoms with Crippen molar-refractivity contribution in [3.8, 4) is 0 Å². The molecule has 0 aliphatic rings. The summed E-state index contributed by atoms with van der Waals surface area (Å²) in [6.45, 7) is 19.7. The molecule has 0 aromatic heterocycles. The van der Waals surface area contributed by atoms with Crippen LogP contribution in [0.5, 0.6) is 0 Å². The predicted molar refractivity (Wildman–Crippen MR) is 188 cm³/mol. The lowest BCUT2D eigenvalue weighted by Gasteiger charge is -2.13. The van der Waals surface area contributed by atoms with Gasteiger partial charge in [0.2, 0.25) is 0 Å². The Morgan fingerprint density at radius 2 is 0.595 bits per heavy atom. The maximum atomic E-state index is 9.76. The van der Waals surface area contributed by atoms with E-state index in [-0.39, 0.29) is 0 Å². The lowest BCUT2D eigenvalue weighted by atomic mass is 10.0. The molecule has 0 aliphatic heterocycles. The molecule has 0 fully saturated rings. The van der Waals surface area contributed by atoms with Gasteiger partial charge in [-0.2, -0.15) is 0 Å². The van der Waals surface area contributed by atoms with Gasteiger partial charge >= 0.3 is 0 Å². The van der Waals surface area contributed by atoms with Crippen molar-refractivity contribution in [2.75, 3.05) is 0 Å². The highest BCUT2D eigenvalue weighted by Gasteiger charge is 2.09. The van der Waals surface area contributed by atoms with Crippen LogP contribution in [0.3, 0.4) is 0 Å². The highest BCUT2D eigenvalue weighted by atomic mass is 16.3. The van der Waals surface area contributed by atoms with Gasteiger partial charge in [-0.1, -0.05) is 155 Å². The zero-order chi connectivity index (χ0) is 32.0. The monoisotopic (exact) mass is 568 g/mol. The second-order valence-corrected chi connectivity index (χ2v) is 12.1.